The van der Waals surface area contributed by atoms with Crippen LogP contribution in [0.1, 0.15) is 6.42 Å². The van der Waals surface area contributed by atoms with Crippen molar-refractivity contribution >= 4 is 18.3 Å². The van der Waals surface area contributed by atoms with Crippen molar-refractivity contribution in [2.24, 2.45) is 0 Å². The highest BCUT2D eigenvalue weighted by Crippen LogP contribution is 2.08. The van der Waals surface area contributed by atoms with Gasteiger partial charge in [-0.05, 0) is 12.1 Å². The molecule has 0 aliphatic carbocycles. The predicted molar refractivity (Wildman–Crippen MR) is 84.0 cm³/mol. The lowest BCUT2D eigenvalue weighted by molar-refractivity contribution is -0.133. The average molecular weight is 315 g/mol. The van der Waals surface area contributed by atoms with Gasteiger partial charge in [0.15, 0.2) is 0 Å². The van der Waals surface area contributed by atoms with Crippen molar-refractivity contribution in [2.45, 2.75) is 12.5 Å². The maximum atomic E-state index is 12.0. The first-order valence-electron chi connectivity index (χ1n) is 7.00. The van der Waals surface area contributed by atoms with E-state index >= 15 is 0 Å². The molecule has 1 atom stereocenters. The fraction of sp³-hybridized carbons (Fsp3) is 0.533. The molecule has 1 aliphatic heterocycles. The minimum absolute atomic E-state index is 0. The molecule has 1 aliphatic rings. The zero-order valence-electron chi connectivity index (χ0n) is 12.3. The van der Waals surface area contributed by atoms with E-state index in [0.29, 0.717) is 26.2 Å². The number of ether oxygens (including phenoxy) is 2. The number of carbonyl (C=O) groups is 1. The molecule has 1 heterocycles. The molecule has 1 saturated heterocycles. The molecular weight excluding hydrogens is 292 g/mol. The molecule has 1 fully saturated rings. The van der Waals surface area contributed by atoms with Gasteiger partial charge in [-0.25, -0.2) is 0 Å². The number of amides is 1. The molecule has 0 spiro atoms. The second kappa shape index (κ2) is 9.60. The number of benzene rings is 1. The van der Waals surface area contributed by atoms with Crippen molar-refractivity contribution in [3.05, 3.63) is 30.3 Å². The molecule has 1 amide bonds. The second-order valence-electron chi connectivity index (χ2n) is 4.88. The summed E-state index contributed by atoms with van der Waals surface area (Å²) in [5, 5.41) is 3.22. The third-order valence-corrected chi connectivity index (χ3v) is 3.27. The maximum absolute atomic E-state index is 12.0. The largest absolute Gasteiger partial charge is 0.492 e. The van der Waals surface area contributed by atoms with Crippen LogP contribution in [0.4, 0.5) is 0 Å². The fourth-order valence-corrected chi connectivity index (χ4v) is 2.04. The van der Waals surface area contributed by atoms with Crippen molar-refractivity contribution < 1.29 is 14.3 Å². The molecule has 2 rings (SSSR count). The molecule has 6 heteroatoms. The Bertz CT molecular complexity index is 411. The third kappa shape index (κ3) is 6.33. The zero-order valence-corrected chi connectivity index (χ0v) is 13.1. The number of nitrogens with one attached hydrogen (secondary N) is 1. The van der Waals surface area contributed by atoms with Crippen LogP contribution >= 0.6 is 12.4 Å². The van der Waals surface area contributed by atoms with E-state index in [1.807, 2.05) is 30.3 Å². The van der Waals surface area contributed by atoms with E-state index in [-0.39, 0.29) is 24.4 Å². The van der Waals surface area contributed by atoms with Gasteiger partial charge >= 0.3 is 0 Å². The standard InChI is InChI=1S/C15H22N2O3.ClH/c1-17(8-10-20-13-5-3-2-4-6-13)15(18)11-14-12-16-7-9-19-14;/h2-6,14,16H,7-12H2,1H3;1H. The first kappa shape index (κ1) is 17.8. The summed E-state index contributed by atoms with van der Waals surface area (Å²) in [6.45, 7) is 3.37. The Kier molecular flexibility index (Phi) is 8.12. The lowest BCUT2D eigenvalue weighted by Crippen LogP contribution is -2.42. The molecule has 0 saturated carbocycles. The van der Waals surface area contributed by atoms with Gasteiger partial charge in [-0.15, -0.1) is 12.4 Å². The van der Waals surface area contributed by atoms with Gasteiger partial charge < -0.3 is 19.7 Å². The normalized spacial score (nSPS) is 17.7. The molecule has 0 aromatic heterocycles. The molecule has 0 bridgehead atoms. The Morgan fingerprint density at radius 1 is 1.43 bits per heavy atom. The van der Waals surface area contributed by atoms with Gasteiger partial charge in [-0.1, -0.05) is 18.2 Å². The first-order chi connectivity index (χ1) is 9.75. The second-order valence-corrected chi connectivity index (χ2v) is 4.88. The van der Waals surface area contributed by atoms with Crippen LogP contribution in [0, 0.1) is 0 Å². The van der Waals surface area contributed by atoms with Gasteiger partial charge in [-0.2, -0.15) is 0 Å². The summed E-state index contributed by atoms with van der Waals surface area (Å²) in [5.41, 5.74) is 0. The predicted octanol–water partition coefficient (Wildman–Crippen LogP) is 1.32. The highest BCUT2D eigenvalue weighted by Gasteiger charge is 2.19. The Balaban J connectivity index is 0.00000220. The number of halogens is 1. The van der Waals surface area contributed by atoms with Crippen molar-refractivity contribution in [1.82, 2.24) is 10.2 Å². The Hall–Kier alpha value is -1.30. The van der Waals surface area contributed by atoms with Crippen LogP contribution in [-0.2, 0) is 9.53 Å². The van der Waals surface area contributed by atoms with E-state index in [1.165, 1.54) is 0 Å². The minimum atomic E-state index is -0.00579. The summed E-state index contributed by atoms with van der Waals surface area (Å²) in [4.78, 5) is 13.7. The van der Waals surface area contributed by atoms with E-state index in [9.17, 15) is 4.79 Å². The number of morpholine rings is 1. The van der Waals surface area contributed by atoms with Crippen LogP contribution in [0.15, 0.2) is 30.3 Å². The molecule has 1 N–H and O–H groups in total. The van der Waals surface area contributed by atoms with Crippen molar-refractivity contribution in [2.75, 3.05) is 39.9 Å². The smallest absolute Gasteiger partial charge is 0.225 e. The highest BCUT2D eigenvalue weighted by atomic mass is 35.5. The highest BCUT2D eigenvalue weighted by molar-refractivity contribution is 5.85. The summed E-state index contributed by atoms with van der Waals surface area (Å²) in [5.74, 6) is 0.920. The average Bonchev–Trinajstić information content (AvgIpc) is 2.49. The van der Waals surface area contributed by atoms with Crippen molar-refractivity contribution in [1.29, 1.82) is 0 Å². The van der Waals surface area contributed by atoms with Gasteiger partial charge in [0, 0.05) is 20.1 Å². The molecule has 0 radical (unpaired) electrons. The Morgan fingerprint density at radius 3 is 2.86 bits per heavy atom. The van der Waals surface area contributed by atoms with Crippen LogP contribution in [-0.4, -0.2) is 56.8 Å². The Morgan fingerprint density at radius 2 is 2.19 bits per heavy atom. The third-order valence-electron chi connectivity index (χ3n) is 3.27. The van der Waals surface area contributed by atoms with E-state index in [0.717, 1.165) is 18.8 Å². The minimum Gasteiger partial charge on any atom is -0.492 e. The number of carbonyl (C=O) groups excluding carboxylic acids is 1. The van der Waals surface area contributed by atoms with Gasteiger partial charge in [0.05, 0.1) is 25.7 Å². The monoisotopic (exact) mass is 314 g/mol. The molecule has 118 valence electrons. The number of para-hydroxylation sites is 1. The zero-order chi connectivity index (χ0) is 14.2. The van der Waals surface area contributed by atoms with E-state index in [4.69, 9.17) is 9.47 Å². The number of likely N-dealkylation sites (N-methyl/N-ethyl adjacent to an activating group) is 1. The van der Waals surface area contributed by atoms with Crippen LogP contribution < -0.4 is 10.1 Å². The summed E-state index contributed by atoms with van der Waals surface area (Å²) in [7, 11) is 1.80. The summed E-state index contributed by atoms with van der Waals surface area (Å²) < 4.78 is 11.1. The summed E-state index contributed by atoms with van der Waals surface area (Å²) in [6.07, 6.45) is 0.420. The van der Waals surface area contributed by atoms with Gasteiger partial charge in [0.1, 0.15) is 12.4 Å². The lowest BCUT2D eigenvalue weighted by atomic mass is 10.2. The lowest BCUT2D eigenvalue weighted by Gasteiger charge is -2.25. The molecular formula is C15H23ClN2O3. The number of rotatable bonds is 6. The van der Waals surface area contributed by atoms with E-state index < -0.39 is 0 Å². The van der Waals surface area contributed by atoms with Crippen LogP contribution in [0.3, 0.4) is 0 Å². The van der Waals surface area contributed by atoms with Gasteiger partial charge in [0.25, 0.3) is 0 Å². The van der Waals surface area contributed by atoms with Crippen molar-refractivity contribution in [3.8, 4) is 5.75 Å². The topological polar surface area (TPSA) is 50.8 Å². The van der Waals surface area contributed by atoms with Crippen LogP contribution in [0.5, 0.6) is 5.75 Å². The molecule has 5 nitrogen and oxygen atoms in total. The quantitative estimate of drug-likeness (QED) is 0.860. The van der Waals surface area contributed by atoms with Crippen molar-refractivity contribution in [3.63, 3.8) is 0 Å². The summed E-state index contributed by atoms with van der Waals surface area (Å²) in [6, 6.07) is 9.61. The van der Waals surface area contributed by atoms with E-state index in [2.05, 4.69) is 5.32 Å². The molecule has 1 unspecified atom stereocenters. The first-order valence-corrected chi connectivity index (χ1v) is 7.00. The number of nitrogens with zero attached hydrogens (tertiary/aromatic N) is 1. The summed E-state index contributed by atoms with van der Waals surface area (Å²) >= 11 is 0. The van der Waals surface area contributed by atoms with Crippen LogP contribution in [0.25, 0.3) is 0 Å². The number of hydrogen-bond acceptors (Lipinski definition) is 4. The van der Waals surface area contributed by atoms with E-state index in [1.54, 1.807) is 11.9 Å². The number of hydrogen-bond donors (Lipinski definition) is 1. The van der Waals surface area contributed by atoms with Crippen LogP contribution in [0.2, 0.25) is 0 Å². The van der Waals surface area contributed by atoms with Gasteiger partial charge in [-0.3, -0.25) is 4.79 Å². The SMILES string of the molecule is CN(CCOc1ccccc1)C(=O)CC1CNCCO1.Cl. The molecule has 1 aromatic carbocycles. The fourth-order valence-electron chi connectivity index (χ4n) is 2.04. The molecule has 1 aromatic rings. The Labute approximate surface area is 132 Å². The van der Waals surface area contributed by atoms with Gasteiger partial charge in [0.2, 0.25) is 5.91 Å². The molecule has 21 heavy (non-hydrogen) atoms. The maximum Gasteiger partial charge on any atom is 0.225 e.